The fourth-order valence-electron chi connectivity index (χ4n) is 2.65. The minimum Gasteiger partial charge on any atom is -0.410 e. The Bertz CT molecular complexity index is 765. The zero-order chi connectivity index (χ0) is 17.5. The molecular formula is C19H19N3O3. The van der Waals surface area contributed by atoms with Gasteiger partial charge in [-0.05, 0) is 35.9 Å². The molecule has 6 heteroatoms. The van der Waals surface area contributed by atoms with Gasteiger partial charge in [0.15, 0.2) is 0 Å². The van der Waals surface area contributed by atoms with Gasteiger partial charge < -0.3 is 9.47 Å². The van der Waals surface area contributed by atoms with Crippen LogP contribution in [0, 0.1) is 11.3 Å². The van der Waals surface area contributed by atoms with Crippen LogP contribution < -0.4 is 10.1 Å². The number of morpholine rings is 1. The van der Waals surface area contributed by atoms with Gasteiger partial charge in [-0.2, -0.15) is 5.26 Å². The van der Waals surface area contributed by atoms with Crippen LogP contribution in [0.2, 0.25) is 0 Å². The van der Waals surface area contributed by atoms with E-state index in [9.17, 15) is 10.1 Å². The van der Waals surface area contributed by atoms with Gasteiger partial charge in [0.2, 0.25) is 0 Å². The number of nitriles is 1. The first kappa shape index (κ1) is 17.0. The number of nitrogens with zero attached hydrogens (tertiary/aromatic N) is 2. The second-order valence-electron chi connectivity index (χ2n) is 5.70. The molecule has 0 atom stereocenters. The third kappa shape index (κ3) is 4.80. The molecule has 0 aliphatic carbocycles. The van der Waals surface area contributed by atoms with Crippen LogP contribution in [0.4, 0.5) is 10.5 Å². The van der Waals surface area contributed by atoms with Crippen molar-refractivity contribution in [2.24, 2.45) is 0 Å². The number of benzene rings is 2. The van der Waals surface area contributed by atoms with Gasteiger partial charge in [-0.15, -0.1) is 0 Å². The van der Waals surface area contributed by atoms with E-state index < -0.39 is 6.09 Å². The van der Waals surface area contributed by atoms with Crippen LogP contribution in [-0.2, 0) is 11.3 Å². The van der Waals surface area contributed by atoms with Gasteiger partial charge in [0.25, 0.3) is 0 Å². The Labute approximate surface area is 146 Å². The third-order valence-corrected chi connectivity index (χ3v) is 3.92. The highest BCUT2D eigenvalue weighted by atomic mass is 16.6. The fraction of sp³-hybridized carbons (Fsp3) is 0.263. The molecule has 0 saturated carbocycles. The lowest BCUT2D eigenvalue weighted by atomic mass is 10.1. The highest BCUT2D eigenvalue weighted by molar-refractivity contribution is 5.86. The van der Waals surface area contributed by atoms with Crippen LogP contribution in [0.5, 0.6) is 5.75 Å². The maximum Gasteiger partial charge on any atom is 0.417 e. The second-order valence-corrected chi connectivity index (χ2v) is 5.70. The summed E-state index contributed by atoms with van der Waals surface area (Å²) in [5.74, 6) is 0.474. The third-order valence-electron chi connectivity index (χ3n) is 3.92. The molecule has 3 rings (SSSR count). The Morgan fingerprint density at radius 1 is 1.20 bits per heavy atom. The first-order valence-electron chi connectivity index (χ1n) is 8.11. The van der Waals surface area contributed by atoms with E-state index >= 15 is 0 Å². The lowest BCUT2D eigenvalue weighted by Gasteiger charge is -2.27. The molecular weight excluding hydrogens is 318 g/mol. The summed E-state index contributed by atoms with van der Waals surface area (Å²) in [5, 5.41) is 12.0. The maximum absolute atomic E-state index is 12.0. The van der Waals surface area contributed by atoms with Crippen LogP contribution >= 0.6 is 0 Å². The van der Waals surface area contributed by atoms with Crippen molar-refractivity contribution in [2.45, 2.75) is 6.54 Å². The van der Waals surface area contributed by atoms with Crippen LogP contribution in [0.1, 0.15) is 11.1 Å². The fourth-order valence-corrected chi connectivity index (χ4v) is 2.65. The highest BCUT2D eigenvalue weighted by Crippen LogP contribution is 2.19. The summed E-state index contributed by atoms with van der Waals surface area (Å²) in [6, 6.07) is 16.3. The Morgan fingerprint density at radius 2 is 1.96 bits per heavy atom. The molecule has 1 aliphatic rings. The minimum absolute atomic E-state index is 0.474. The molecule has 1 amide bonds. The van der Waals surface area contributed by atoms with Gasteiger partial charge in [0.05, 0.1) is 24.8 Å². The number of carbonyl (C=O) groups is 1. The average molecular weight is 337 g/mol. The minimum atomic E-state index is -0.562. The van der Waals surface area contributed by atoms with Crippen molar-refractivity contribution < 1.29 is 14.3 Å². The number of para-hydroxylation sites is 1. The standard InChI is InChI=1S/C19H19N3O3/c20-13-15-6-7-17(12-16(15)14-22-8-10-24-11-9-22)21-19(23)25-18-4-2-1-3-5-18/h1-7,12H,8-11,14H2,(H,21,23). The molecule has 0 bridgehead atoms. The Balaban J connectivity index is 1.68. The lowest BCUT2D eigenvalue weighted by molar-refractivity contribution is 0.0341. The van der Waals surface area contributed by atoms with Crippen LogP contribution in [-0.4, -0.2) is 37.3 Å². The van der Waals surface area contributed by atoms with Crippen LogP contribution in [0.25, 0.3) is 0 Å². The van der Waals surface area contributed by atoms with Crippen LogP contribution in [0.3, 0.4) is 0 Å². The summed E-state index contributed by atoms with van der Waals surface area (Å²) in [6.45, 7) is 3.71. The Morgan fingerprint density at radius 3 is 2.68 bits per heavy atom. The molecule has 0 unspecified atom stereocenters. The number of nitrogens with one attached hydrogen (secondary N) is 1. The summed E-state index contributed by atoms with van der Waals surface area (Å²) in [4.78, 5) is 14.2. The molecule has 1 aliphatic heterocycles. The summed E-state index contributed by atoms with van der Waals surface area (Å²) in [6.07, 6.45) is -0.562. The molecule has 128 valence electrons. The number of anilines is 1. The summed E-state index contributed by atoms with van der Waals surface area (Å²) in [7, 11) is 0. The zero-order valence-corrected chi connectivity index (χ0v) is 13.8. The van der Waals surface area contributed by atoms with E-state index in [2.05, 4.69) is 16.3 Å². The van der Waals surface area contributed by atoms with E-state index in [1.807, 2.05) is 12.1 Å². The van der Waals surface area contributed by atoms with Gasteiger partial charge in [-0.25, -0.2) is 4.79 Å². The number of hydrogen-bond donors (Lipinski definition) is 1. The number of rotatable bonds is 4. The van der Waals surface area contributed by atoms with Gasteiger partial charge in [-0.1, -0.05) is 18.2 Å². The molecule has 25 heavy (non-hydrogen) atoms. The molecule has 1 heterocycles. The van der Waals surface area contributed by atoms with Crippen molar-refractivity contribution in [3.63, 3.8) is 0 Å². The first-order valence-corrected chi connectivity index (χ1v) is 8.11. The van der Waals surface area contributed by atoms with Gasteiger partial charge >= 0.3 is 6.09 Å². The van der Waals surface area contributed by atoms with Crippen molar-refractivity contribution in [2.75, 3.05) is 31.6 Å². The molecule has 0 radical (unpaired) electrons. The normalized spacial score (nSPS) is 14.5. The van der Waals surface area contributed by atoms with Crippen molar-refractivity contribution in [1.29, 1.82) is 5.26 Å². The molecule has 2 aromatic rings. The van der Waals surface area contributed by atoms with Crippen molar-refractivity contribution in [1.82, 2.24) is 4.90 Å². The topological polar surface area (TPSA) is 74.6 Å². The van der Waals surface area contributed by atoms with Crippen molar-refractivity contribution in [3.8, 4) is 11.8 Å². The average Bonchev–Trinajstić information content (AvgIpc) is 2.63. The SMILES string of the molecule is N#Cc1ccc(NC(=O)Oc2ccccc2)cc1CN1CCOCC1. The van der Waals surface area contributed by atoms with Crippen molar-refractivity contribution in [3.05, 3.63) is 59.7 Å². The van der Waals surface area contributed by atoms with E-state index in [0.717, 1.165) is 18.7 Å². The van der Waals surface area contributed by atoms with Gasteiger partial charge in [-0.3, -0.25) is 10.2 Å². The highest BCUT2D eigenvalue weighted by Gasteiger charge is 2.14. The first-order chi connectivity index (χ1) is 12.2. The molecule has 2 aromatic carbocycles. The zero-order valence-electron chi connectivity index (χ0n) is 13.8. The number of ether oxygens (including phenoxy) is 2. The Kier molecular flexibility index (Phi) is 5.62. The maximum atomic E-state index is 12.0. The summed E-state index contributed by atoms with van der Waals surface area (Å²) >= 11 is 0. The smallest absolute Gasteiger partial charge is 0.410 e. The van der Waals surface area contributed by atoms with Crippen LogP contribution in [0.15, 0.2) is 48.5 Å². The van der Waals surface area contributed by atoms with Crippen molar-refractivity contribution >= 4 is 11.8 Å². The largest absolute Gasteiger partial charge is 0.417 e. The van der Waals surface area contributed by atoms with E-state index in [1.165, 1.54) is 0 Å². The summed E-state index contributed by atoms with van der Waals surface area (Å²) in [5.41, 5.74) is 2.08. The number of carbonyl (C=O) groups excluding carboxylic acids is 1. The van der Waals surface area contributed by atoms with Gasteiger partial charge in [0, 0.05) is 25.3 Å². The predicted octanol–water partition coefficient (Wildman–Crippen LogP) is 3.00. The van der Waals surface area contributed by atoms with E-state index in [1.54, 1.807) is 36.4 Å². The van der Waals surface area contributed by atoms with E-state index in [-0.39, 0.29) is 0 Å². The predicted molar refractivity (Wildman–Crippen MR) is 93.3 cm³/mol. The van der Waals surface area contributed by atoms with Gasteiger partial charge in [0.1, 0.15) is 5.75 Å². The second kappa shape index (κ2) is 8.29. The van der Waals surface area contributed by atoms with E-state index in [0.29, 0.717) is 36.8 Å². The molecule has 1 N–H and O–H groups in total. The number of hydrogen-bond acceptors (Lipinski definition) is 5. The molecule has 6 nitrogen and oxygen atoms in total. The molecule has 0 aromatic heterocycles. The Hall–Kier alpha value is -2.88. The molecule has 0 spiro atoms. The number of amides is 1. The quantitative estimate of drug-likeness (QED) is 0.928. The monoisotopic (exact) mass is 337 g/mol. The molecule has 1 fully saturated rings. The van der Waals surface area contributed by atoms with E-state index in [4.69, 9.17) is 9.47 Å². The summed E-state index contributed by atoms with van der Waals surface area (Å²) < 4.78 is 10.6. The lowest BCUT2D eigenvalue weighted by Crippen LogP contribution is -2.35. The molecule has 1 saturated heterocycles.